The van der Waals surface area contributed by atoms with Gasteiger partial charge < -0.3 is 9.80 Å². The van der Waals surface area contributed by atoms with Gasteiger partial charge in [0, 0.05) is 32.1 Å². The van der Waals surface area contributed by atoms with Crippen molar-refractivity contribution in [2.75, 3.05) is 18.0 Å². The molecule has 2 unspecified atom stereocenters. The van der Waals surface area contributed by atoms with Gasteiger partial charge in [-0.1, -0.05) is 19.9 Å². The minimum absolute atomic E-state index is 0.127. The van der Waals surface area contributed by atoms with Gasteiger partial charge in [-0.05, 0) is 36.5 Å². The Morgan fingerprint density at radius 1 is 1.24 bits per heavy atom. The van der Waals surface area contributed by atoms with Gasteiger partial charge in [-0.15, -0.1) is 0 Å². The van der Waals surface area contributed by atoms with Crippen LogP contribution in [0.2, 0.25) is 0 Å². The third-order valence-corrected chi connectivity index (χ3v) is 4.84. The van der Waals surface area contributed by atoms with Crippen LogP contribution in [0.5, 0.6) is 0 Å². The van der Waals surface area contributed by atoms with Gasteiger partial charge in [0.1, 0.15) is 5.82 Å². The third kappa shape index (κ3) is 2.52. The summed E-state index contributed by atoms with van der Waals surface area (Å²) in [6.07, 6.45) is 2.08. The Kier molecular flexibility index (Phi) is 3.64. The summed E-state index contributed by atoms with van der Waals surface area (Å²) in [4.78, 5) is 15.7. The molecule has 3 rings (SSSR count). The lowest BCUT2D eigenvalue weighted by Gasteiger charge is -2.42. The van der Waals surface area contributed by atoms with Crippen LogP contribution in [0, 0.1) is 5.82 Å². The molecule has 0 N–H and O–H groups in total. The molecule has 1 aromatic carbocycles. The van der Waals surface area contributed by atoms with Crippen molar-refractivity contribution in [2.45, 2.75) is 51.6 Å². The molecule has 2 atom stereocenters. The van der Waals surface area contributed by atoms with E-state index < -0.39 is 0 Å². The fourth-order valence-electron chi connectivity index (χ4n) is 3.65. The van der Waals surface area contributed by atoms with E-state index >= 15 is 0 Å². The molecule has 2 heterocycles. The zero-order chi connectivity index (χ0) is 15.1. The monoisotopic (exact) mass is 290 g/mol. The summed E-state index contributed by atoms with van der Waals surface area (Å²) in [5.74, 6) is 0.330. The highest BCUT2D eigenvalue weighted by Gasteiger charge is 2.41. The molecule has 2 saturated heterocycles. The Morgan fingerprint density at radius 3 is 2.33 bits per heavy atom. The SMILES string of the molecule is CC(=O)N1CC2CCC(C1)N2c1ccc(C(C)C)cc1F. The fourth-order valence-corrected chi connectivity index (χ4v) is 3.65. The molecule has 0 aliphatic carbocycles. The summed E-state index contributed by atoms with van der Waals surface area (Å²) in [5.41, 5.74) is 1.74. The Balaban J connectivity index is 1.87. The topological polar surface area (TPSA) is 23.6 Å². The van der Waals surface area contributed by atoms with E-state index in [1.54, 1.807) is 13.0 Å². The fraction of sp³-hybridized carbons (Fsp3) is 0.588. The molecular weight excluding hydrogens is 267 g/mol. The highest BCUT2D eigenvalue weighted by molar-refractivity contribution is 5.74. The van der Waals surface area contributed by atoms with E-state index in [4.69, 9.17) is 0 Å². The van der Waals surface area contributed by atoms with Gasteiger partial charge in [-0.2, -0.15) is 0 Å². The Labute approximate surface area is 125 Å². The number of amides is 1. The number of piperazine rings is 1. The van der Waals surface area contributed by atoms with E-state index in [2.05, 4.69) is 18.7 Å². The van der Waals surface area contributed by atoms with Gasteiger partial charge in [-0.25, -0.2) is 4.39 Å². The van der Waals surface area contributed by atoms with E-state index in [1.165, 1.54) is 0 Å². The molecule has 4 heteroatoms. The summed E-state index contributed by atoms with van der Waals surface area (Å²) < 4.78 is 14.5. The predicted octanol–water partition coefficient (Wildman–Crippen LogP) is 3.15. The zero-order valence-electron chi connectivity index (χ0n) is 13.0. The summed E-state index contributed by atoms with van der Waals surface area (Å²) >= 11 is 0. The number of benzene rings is 1. The maximum atomic E-state index is 14.5. The minimum Gasteiger partial charge on any atom is -0.360 e. The van der Waals surface area contributed by atoms with Crippen molar-refractivity contribution >= 4 is 11.6 Å². The predicted molar refractivity (Wildman–Crippen MR) is 82.0 cm³/mol. The van der Waals surface area contributed by atoms with Crippen molar-refractivity contribution in [3.8, 4) is 0 Å². The summed E-state index contributed by atoms with van der Waals surface area (Å²) in [7, 11) is 0. The number of carbonyl (C=O) groups is 1. The van der Waals surface area contributed by atoms with Gasteiger partial charge in [0.15, 0.2) is 0 Å². The van der Waals surface area contributed by atoms with Gasteiger partial charge in [0.2, 0.25) is 5.91 Å². The van der Waals surface area contributed by atoms with Crippen LogP contribution in [0.15, 0.2) is 18.2 Å². The lowest BCUT2D eigenvalue weighted by Crippen LogP contribution is -2.55. The molecule has 0 aromatic heterocycles. The summed E-state index contributed by atoms with van der Waals surface area (Å²) in [5, 5.41) is 0. The van der Waals surface area contributed by atoms with E-state index in [9.17, 15) is 9.18 Å². The first kappa shape index (κ1) is 14.4. The second kappa shape index (κ2) is 5.32. The number of hydrogen-bond donors (Lipinski definition) is 0. The number of anilines is 1. The number of hydrogen-bond acceptors (Lipinski definition) is 2. The Bertz CT molecular complexity index is 544. The molecule has 1 aromatic rings. The first-order valence-corrected chi connectivity index (χ1v) is 7.80. The van der Waals surface area contributed by atoms with E-state index in [-0.39, 0.29) is 23.8 Å². The summed E-state index contributed by atoms with van der Waals surface area (Å²) in [6.45, 7) is 7.20. The number of halogens is 1. The Morgan fingerprint density at radius 2 is 1.86 bits per heavy atom. The van der Waals surface area contributed by atoms with Crippen molar-refractivity contribution < 1.29 is 9.18 Å². The van der Waals surface area contributed by atoms with E-state index in [0.29, 0.717) is 11.6 Å². The molecule has 2 fully saturated rings. The maximum Gasteiger partial charge on any atom is 0.219 e. The van der Waals surface area contributed by atoms with Gasteiger partial charge in [-0.3, -0.25) is 4.79 Å². The molecule has 2 aliphatic heterocycles. The third-order valence-electron chi connectivity index (χ3n) is 4.84. The average Bonchev–Trinajstić information content (AvgIpc) is 2.68. The van der Waals surface area contributed by atoms with Crippen molar-refractivity contribution in [3.05, 3.63) is 29.6 Å². The molecule has 114 valence electrons. The van der Waals surface area contributed by atoms with Crippen LogP contribution in [0.25, 0.3) is 0 Å². The molecule has 2 bridgehead atoms. The van der Waals surface area contributed by atoms with E-state index in [1.807, 2.05) is 17.0 Å². The standard InChI is InChI=1S/C17H23FN2O/c1-11(2)13-4-7-17(16(18)8-13)20-14-5-6-15(20)10-19(9-14)12(3)21/h4,7-8,11,14-15H,5-6,9-10H2,1-3H3. The van der Waals surface area contributed by atoms with Crippen LogP contribution < -0.4 is 4.90 Å². The van der Waals surface area contributed by atoms with Gasteiger partial charge in [0.25, 0.3) is 0 Å². The minimum atomic E-state index is -0.130. The first-order valence-electron chi connectivity index (χ1n) is 7.80. The highest BCUT2D eigenvalue weighted by Crippen LogP contribution is 2.37. The van der Waals surface area contributed by atoms with Gasteiger partial charge in [0.05, 0.1) is 5.69 Å². The largest absolute Gasteiger partial charge is 0.360 e. The number of fused-ring (bicyclic) bond motifs is 2. The highest BCUT2D eigenvalue weighted by atomic mass is 19.1. The number of carbonyl (C=O) groups excluding carboxylic acids is 1. The van der Waals surface area contributed by atoms with Crippen molar-refractivity contribution in [3.63, 3.8) is 0 Å². The lowest BCUT2D eigenvalue weighted by molar-refractivity contribution is -0.129. The lowest BCUT2D eigenvalue weighted by atomic mass is 10.0. The number of rotatable bonds is 2. The quantitative estimate of drug-likeness (QED) is 0.835. The van der Waals surface area contributed by atoms with Crippen LogP contribution in [-0.4, -0.2) is 36.0 Å². The molecule has 1 amide bonds. The summed E-state index contributed by atoms with van der Waals surface area (Å²) in [6, 6.07) is 6.12. The molecule has 2 aliphatic rings. The number of nitrogens with zero attached hydrogens (tertiary/aromatic N) is 2. The smallest absolute Gasteiger partial charge is 0.219 e. The van der Waals surface area contributed by atoms with Crippen LogP contribution in [0.1, 0.15) is 45.1 Å². The number of likely N-dealkylation sites (tertiary alicyclic amines) is 1. The first-order chi connectivity index (χ1) is 9.97. The second-order valence-corrected chi connectivity index (χ2v) is 6.58. The average molecular weight is 290 g/mol. The van der Waals surface area contributed by atoms with Crippen molar-refractivity contribution in [2.24, 2.45) is 0 Å². The molecule has 3 nitrogen and oxygen atoms in total. The molecule has 0 saturated carbocycles. The molecule has 21 heavy (non-hydrogen) atoms. The van der Waals surface area contributed by atoms with Crippen molar-refractivity contribution in [1.82, 2.24) is 4.90 Å². The molecule has 0 radical (unpaired) electrons. The van der Waals surface area contributed by atoms with E-state index in [0.717, 1.165) is 31.5 Å². The van der Waals surface area contributed by atoms with Crippen LogP contribution in [0.3, 0.4) is 0 Å². The molecule has 0 spiro atoms. The van der Waals surface area contributed by atoms with Gasteiger partial charge >= 0.3 is 0 Å². The maximum absolute atomic E-state index is 14.5. The second-order valence-electron chi connectivity index (χ2n) is 6.58. The van der Waals surface area contributed by atoms with Crippen LogP contribution in [-0.2, 0) is 4.79 Å². The zero-order valence-corrected chi connectivity index (χ0v) is 13.0. The normalized spacial score (nSPS) is 24.8. The van der Waals surface area contributed by atoms with Crippen LogP contribution >= 0.6 is 0 Å². The molecular formula is C17H23FN2O. The van der Waals surface area contributed by atoms with Crippen molar-refractivity contribution in [1.29, 1.82) is 0 Å². The Hall–Kier alpha value is -1.58. The van der Waals surface area contributed by atoms with Crippen LogP contribution in [0.4, 0.5) is 10.1 Å².